The van der Waals surface area contributed by atoms with Crippen LogP contribution >= 0.6 is 0 Å². The Balaban J connectivity index is 1.55. The minimum Gasteiger partial charge on any atom is -0.504 e. The van der Waals surface area contributed by atoms with Gasteiger partial charge in [-0.05, 0) is 140 Å². The lowest BCUT2D eigenvalue weighted by molar-refractivity contribution is -0.0113. The Labute approximate surface area is 219 Å². The monoisotopic (exact) mass is 490 g/mol. The molecule has 0 amide bonds. The van der Waals surface area contributed by atoms with Crippen molar-refractivity contribution in [1.82, 2.24) is 0 Å². The van der Waals surface area contributed by atoms with E-state index in [-0.39, 0.29) is 33.2 Å². The Morgan fingerprint density at radius 3 is 1.08 bits per heavy atom. The molecule has 8 aliphatic carbocycles. The van der Waals surface area contributed by atoms with E-state index in [1.807, 2.05) is 0 Å². The average Bonchev–Trinajstić information content (AvgIpc) is 2.71. The van der Waals surface area contributed by atoms with E-state index >= 15 is 0 Å². The summed E-state index contributed by atoms with van der Waals surface area (Å²) in [4.78, 5) is 0. The van der Waals surface area contributed by atoms with Gasteiger partial charge in [-0.3, -0.25) is 0 Å². The minimum absolute atomic E-state index is 0.0619. The number of phenols is 2. The Hall–Kier alpha value is -1.18. The molecule has 1 aromatic rings. The van der Waals surface area contributed by atoms with Crippen molar-refractivity contribution in [2.24, 2.45) is 35.5 Å². The highest BCUT2D eigenvalue weighted by Gasteiger charge is 2.58. The first-order valence-electron chi connectivity index (χ1n) is 15.4. The maximum absolute atomic E-state index is 12.1. The Kier molecular flexibility index (Phi) is 4.82. The van der Waals surface area contributed by atoms with Crippen LogP contribution in [0, 0.1) is 35.5 Å². The van der Waals surface area contributed by atoms with E-state index in [1.165, 1.54) is 93.7 Å². The van der Waals surface area contributed by atoms with Crippen molar-refractivity contribution >= 4 is 0 Å². The quantitative estimate of drug-likeness (QED) is 0.407. The summed E-state index contributed by atoms with van der Waals surface area (Å²) in [6, 6.07) is 0. The zero-order valence-electron chi connectivity index (χ0n) is 23.8. The van der Waals surface area contributed by atoms with Crippen LogP contribution in [0.15, 0.2) is 0 Å². The van der Waals surface area contributed by atoms with Gasteiger partial charge >= 0.3 is 0 Å². The van der Waals surface area contributed by atoms with Crippen LogP contribution in [0.2, 0.25) is 0 Å². The summed E-state index contributed by atoms with van der Waals surface area (Å²) >= 11 is 0. The van der Waals surface area contributed by atoms with Crippen molar-refractivity contribution in [3.8, 4) is 11.5 Å². The molecule has 8 fully saturated rings. The summed E-state index contributed by atoms with van der Waals surface area (Å²) in [6.07, 6.45) is 16.1. The predicted octanol–water partition coefficient (Wildman–Crippen LogP) is 8.63. The van der Waals surface area contributed by atoms with Gasteiger partial charge in [-0.1, -0.05) is 41.5 Å². The molecule has 36 heavy (non-hydrogen) atoms. The largest absolute Gasteiger partial charge is 0.504 e. The van der Waals surface area contributed by atoms with Crippen molar-refractivity contribution in [1.29, 1.82) is 0 Å². The molecular weight excluding hydrogens is 440 g/mol. The zero-order valence-corrected chi connectivity index (χ0v) is 23.8. The molecule has 2 N–H and O–H groups in total. The lowest BCUT2D eigenvalue weighted by atomic mass is 9.44. The number of phenolic OH excluding ortho intramolecular Hbond substituents is 2. The fourth-order valence-electron chi connectivity index (χ4n) is 12.1. The van der Waals surface area contributed by atoms with E-state index in [1.54, 1.807) is 0 Å². The Bertz CT molecular complexity index is 1020. The average molecular weight is 491 g/mol. The second kappa shape index (κ2) is 7.26. The third kappa shape index (κ3) is 3.27. The maximum atomic E-state index is 12.1. The van der Waals surface area contributed by atoms with E-state index in [0.717, 1.165) is 41.1 Å². The smallest absolute Gasteiger partial charge is 0.161 e. The van der Waals surface area contributed by atoms with E-state index < -0.39 is 0 Å². The highest BCUT2D eigenvalue weighted by atomic mass is 16.3. The number of hydrogen-bond acceptors (Lipinski definition) is 2. The molecule has 0 atom stereocenters. The van der Waals surface area contributed by atoms with Gasteiger partial charge < -0.3 is 10.2 Å². The predicted molar refractivity (Wildman–Crippen MR) is 147 cm³/mol. The van der Waals surface area contributed by atoms with Gasteiger partial charge in [0.1, 0.15) is 0 Å². The molecule has 2 heteroatoms. The molecule has 0 heterocycles. The van der Waals surface area contributed by atoms with Crippen LogP contribution in [0.4, 0.5) is 0 Å². The van der Waals surface area contributed by atoms with Crippen LogP contribution in [0.25, 0.3) is 0 Å². The van der Waals surface area contributed by atoms with Gasteiger partial charge in [0.25, 0.3) is 0 Å². The second-order valence-electron chi connectivity index (χ2n) is 17.1. The third-order valence-electron chi connectivity index (χ3n) is 12.1. The first-order valence-corrected chi connectivity index (χ1v) is 15.4. The topological polar surface area (TPSA) is 40.5 Å². The number of aromatic hydroxyl groups is 2. The number of benzene rings is 1. The molecule has 198 valence electrons. The molecule has 1 aromatic carbocycles. The molecule has 0 unspecified atom stereocenters. The molecule has 0 spiro atoms. The van der Waals surface area contributed by atoms with Crippen LogP contribution in [0.5, 0.6) is 11.5 Å². The molecule has 8 bridgehead atoms. The SMILES string of the molecule is CC(C)(C)c1c(O)c(O)c(C23CC4CC(CC(C4)C2)C3)c(C(C)(C)C)c1C12CC3CC(CC(C3)C1)C2. The maximum Gasteiger partial charge on any atom is 0.161 e. The zero-order chi connectivity index (χ0) is 25.4. The molecule has 0 aromatic heterocycles. The summed E-state index contributed by atoms with van der Waals surface area (Å²) in [7, 11) is 0. The summed E-state index contributed by atoms with van der Waals surface area (Å²) in [5.41, 5.74) is 5.25. The lowest BCUT2D eigenvalue weighted by Gasteiger charge is -2.61. The van der Waals surface area contributed by atoms with Crippen LogP contribution in [-0.4, -0.2) is 10.2 Å². The van der Waals surface area contributed by atoms with Crippen molar-refractivity contribution in [3.63, 3.8) is 0 Å². The van der Waals surface area contributed by atoms with E-state index in [0.29, 0.717) is 0 Å². The van der Waals surface area contributed by atoms with E-state index in [4.69, 9.17) is 0 Å². The molecule has 9 rings (SSSR count). The molecule has 0 saturated heterocycles. The number of rotatable bonds is 2. The van der Waals surface area contributed by atoms with Gasteiger partial charge in [0.05, 0.1) is 0 Å². The summed E-state index contributed by atoms with van der Waals surface area (Å²) < 4.78 is 0. The fourth-order valence-corrected chi connectivity index (χ4v) is 12.1. The van der Waals surface area contributed by atoms with Crippen molar-refractivity contribution in [2.75, 3.05) is 0 Å². The summed E-state index contributed by atoms with van der Waals surface area (Å²) in [5.74, 6) is 5.53. The molecule has 8 saturated carbocycles. The van der Waals surface area contributed by atoms with Gasteiger partial charge in [-0.15, -0.1) is 0 Å². The van der Waals surface area contributed by atoms with Gasteiger partial charge in [0, 0.05) is 16.5 Å². The molecular formula is C34H50O2. The summed E-state index contributed by atoms with van der Waals surface area (Å²) in [5, 5.41) is 24.1. The van der Waals surface area contributed by atoms with Crippen molar-refractivity contribution in [3.05, 3.63) is 22.3 Å². The van der Waals surface area contributed by atoms with E-state index in [2.05, 4.69) is 41.5 Å². The first kappa shape index (κ1) is 23.9. The minimum atomic E-state index is -0.208. The summed E-state index contributed by atoms with van der Waals surface area (Å²) in [6.45, 7) is 14.0. The van der Waals surface area contributed by atoms with Gasteiger partial charge in [0.15, 0.2) is 11.5 Å². The molecule has 0 radical (unpaired) electrons. The molecule has 2 nitrogen and oxygen atoms in total. The van der Waals surface area contributed by atoms with Crippen LogP contribution in [-0.2, 0) is 21.7 Å². The second-order valence-corrected chi connectivity index (χ2v) is 17.1. The third-order valence-corrected chi connectivity index (χ3v) is 12.1. The normalized spacial score (nSPS) is 42.9. The van der Waals surface area contributed by atoms with E-state index in [9.17, 15) is 10.2 Å². The van der Waals surface area contributed by atoms with Gasteiger partial charge in [0.2, 0.25) is 0 Å². The van der Waals surface area contributed by atoms with Gasteiger partial charge in [-0.2, -0.15) is 0 Å². The highest BCUT2D eigenvalue weighted by Crippen LogP contribution is 2.68. The van der Waals surface area contributed by atoms with Crippen LogP contribution < -0.4 is 0 Å². The standard InChI is InChI=1S/C34H50O2/c1-31(2,3)25-26(33-13-19-7-20(14-33)9-21(8-19)15-33)27(32(4,5)6)29(35)30(36)28(25)34-16-22-10-23(17-34)12-24(11-22)18-34/h19-24,35-36H,7-18H2,1-6H3. The van der Waals surface area contributed by atoms with Crippen LogP contribution in [0.1, 0.15) is 141 Å². The van der Waals surface area contributed by atoms with Gasteiger partial charge in [-0.25, -0.2) is 0 Å². The number of hydrogen-bond donors (Lipinski definition) is 2. The Morgan fingerprint density at radius 2 is 0.778 bits per heavy atom. The highest BCUT2D eigenvalue weighted by molar-refractivity contribution is 5.67. The van der Waals surface area contributed by atoms with Crippen LogP contribution in [0.3, 0.4) is 0 Å². The van der Waals surface area contributed by atoms with Crippen molar-refractivity contribution < 1.29 is 10.2 Å². The fraction of sp³-hybridized carbons (Fsp3) is 0.824. The van der Waals surface area contributed by atoms with Crippen molar-refractivity contribution in [2.45, 2.75) is 140 Å². The first-order chi connectivity index (χ1) is 16.8. The Morgan fingerprint density at radius 1 is 0.472 bits per heavy atom. The lowest BCUT2D eigenvalue weighted by Crippen LogP contribution is -2.52. The molecule has 8 aliphatic rings. The molecule has 0 aliphatic heterocycles.